The lowest BCUT2D eigenvalue weighted by atomic mass is 10.0. The molecule has 4 aromatic carbocycles. The molecule has 0 bridgehead atoms. The summed E-state index contributed by atoms with van der Waals surface area (Å²) in [6.07, 6.45) is 0. The Labute approximate surface area is 201 Å². The van der Waals surface area contributed by atoms with Gasteiger partial charge in [-0.25, -0.2) is 4.98 Å². The van der Waals surface area contributed by atoms with Crippen molar-refractivity contribution in [1.29, 1.82) is 0 Å². The Kier molecular flexibility index (Phi) is 6.10. The zero-order valence-electron chi connectivity index (χ0n) is 18.0. The average Bonchev–Trinajstić information content (AvgIpc) is 2.88. The molecule has 0 fully saturated rings. The van der Waals surface area contributed by atoms with E-state index in [1.54, 1.807) is 18.2 Å². The molecule has 0 aliphatic heterocycles. The van der Waals surface area contributed by atoms with Gasteiger partial charge in [0.2, 0.25) is 0 Å². The molecule has 0 radical (unpaired) electrons. The van der Waals surface area contributed by atoms with Crippen molar-refractivity contribution in [2.45, 2.75) is 0 Å². The fourth-order valence-electron chi connectivity index (χ4n) is 3.59. The molecule has 1 aromatic heterocycles. The molecule has 34 heavy (non-hydrogen) atoms. The first-order valence-corrected chi connectivity index (χ1v) is 11.1. The predicted molar refractivity (Wildman–Crippen MR) is 137 cm³/mol. The highest BCUT2D eigenvalue weighted by Crippen LogP contribution is 2.30. The summed E-state index contributed by atoms with van der Waals surface area (Å²) in [4.78, 5) is 18.0. The molecule has 0 aliphatic rings. The van der Waals surface area contributed by atoms with E-state index >= 15 is 0 Å². The second-order valence-corrected chi connectivity index (χ2v) is 8.00. The minimum absolute atomic E-state index is 0.231. The van der Waals surface area contributed by atoms with Crippen LogP contribution in [0.25, 0.3) is 22.2 Å². The molecule has 5 aromatic rings. The maximum absolute atomic E-state index is 13.3. The minimum atomic E-state index is -0.231. The summed E-state index contributed by atoms with van der Waals surface area (Å²) in [6.45, 7) is 0. The maximum Gasteiger partial charge on any atom is 0.256 e. The van der Waals surface area contributed by atoms with Gasteiger partial charge in [-0.1, -0.05) is 66.2 Å². The van der Waals surface area contributed by atoms with Crippen LogP contribution in [0, 0.1) is 0 Å². The fourth-order valence-corrected chi connectivity index (χ4v) is 3.82. The first kappa shape index (κ1) is 21.5. The number of anilines is 1. The van der Waals surface area contributed by atoms with E-state index in [-0.39, 0.29) is 5.91 Å². The van der Waals surface area contributed by atoms with Crippen molar-refractivity contribution in [2.24, 2.45) is 10.2 Å². The van der Waals surface area contributed by atoms with E-state index in [2.05, 4.69) is 15.5 Å². The predicted octanol–water partition coefficient (Wildman–Crippen LogP) is 8.22. The molecule has 0 unspecified atom stereocenters. The normalized spacial score (nSPS) is 11.1. The fraction of sp³-hybridized carbons (Fsp3) is 0. The molecule has 0 saturated carbocycles. The Morgan fingerprint density at radius 2 is 1.38 bits per heavy atom. The van der Waals surface area contributed by atoms with E-state index in [9.17, 15) is 4.79 Å². The van der Waals surface area contributed by atoms with Gasteiger partial charge in [-0.05, 0) is 54.6 Å². The van der Waals surface area contributed by atoms with Crippen molar-refractivity contribution < 1.29 is 4.79 Å². The number of para-hydroxylation sites is 1. The first-order valence-electron chi connectivity index (χ1n) is 10.7. The Balaban J connectivity index is 1.42. The van der Waals surface area contributed by atoms with Gasteiger partial charge in [-0.3, -0.25) is 4.79 Å². The Bertz CT molecular complexity index is 1500. The lowest BCUT2D eigenvalue weighted by Gasteiger charge is -2.11. The zero-order chi connectivity index (χ0) is 23.3. The van der Waals surface area contributed by atoms with Crippen molar-refractivity contribution in [2.75, 3.05) is 5.32 Å². The molecule has 5 rings (SSSR count). The molecule has 5 nitrogen and oxygen atoms in total. The average molecular weight is 463 g/mol. The molecule has 164 valence electrons. The lowest BCUT2D eigenvalue weighted by Crippen LogP contribution is -2.13. The van der Waals surface area contributed by atoms with E-state index in [1.807, 2.05) is 91.0 Å². The number of amides is 1. The Morgan fingerprint density at radius 3 is 2.15 bits per heavy atom. The van der Waals surface area contributed by atoms with Gasteiger partial charge in [0.15, 0.2) is 0 Å². The third-order valence-corrected chi connectivity index (χ3v) is 5.60. The number of hydrogen-bond donors (Lipinski definition) is 1. The van der Waals surface area contributed by atoms with Crippen LogP contribution in [0.2, 0.25) is 5.02 Å². The number of carbonyl (C=O) groups is 1. The highest BCUT2D eigenvalue weighted by atomic mass is 35.5. The summed E-state index contributed by atoms with van der Waals surface area (Å²) < 4.78 is 0. The van der Waals surface area contributed by atoms with Crippen molar-refractivity contribution in [3.63, 3.8) is 0 Å². The van der Waals surface area contributed by atoms with Gasteiger partial charge in [-0.15, -0.1) is 0 Å². The number of rotatable bonds is 5. The summed E-state index contributed by atoms with van der Waals surface area (Å²) in [5, 5.41) is 12.8. The number of nitrogens with one attached hydrogen (secondary N) is 1. The third-order valence-electron chi connectivity index (χ3n) is 5.27. The van der Waals surface area contributed by atoms with Crippen LogP contribution in [-0.4, -0.2) is 10.9 Å². The van der Waals surface area contributed by atoms with Gasteiger partial charge in [0, 0.05) is 21.7 Å². The molecule has 1 amide bonds. The molecular weight excluding hydrogens is 444 g/mol. The monoisotopic (exact) mass is 462 g/mol. The quantitative estimate of drug-likeness (QED) is 0.267. The topological polar surface area (TPSA) is 66.7 Å². The molecule has 1 N–H and O–H groups in total. The van der Waals surface area contributed by atoms with Crippen molar-refractivity contribution in [3.05, 3.63) is 120 Å². The third kappa shape index (κ3) is 4.70. The lowest BCUT2D eigenvalue weighted by molar-refractivity contribution is 0.102. The van der Waals surface area contributed by atoms with Crippen LogP contribution in [0.1, 0.15) is 10.4 Å². The van der Waals surface area contributed by atoms with Crippen LogP contribution in [0.3, 0.4) is 0 Å². The number of hydrogen-bond acceptors (Lipinski definition) is 4. The molecule has 0 aliphatic carbocycles. The van der Waals surface area contributed by atoms with Gasteiger partial charge in [0.1, 0.15) is 0 Å². The zero-order valence-corrected chi connectivity index (χ0v) is 18.8. The van der Waals surface area contributed by atoms with Crippen LogP contribution in [0.15, 0.2) is 119 Å². The number of nitrogens with zero attached hydrogens (tertiary/aromatic N) is 3. The van der Waals surface area contributed by atoms with Crippen LogP contribution in [0.4, 0.5) is 17.1 Å². The van der Waals surface area contributed by atoms with E-state index < -0.39 is 0 Å². The molecule has 6 heteroatoms. The number of fused-ring (bicyclic) bond motifs is 1. The van der Waals surface area contributed by atoms with Gasteiger partial charge < -0.3 is 5.32 Å². The smallest absolute Gasteiger partial charge is 0.256 e. The summed E-state index contributed by atoms with van der Waals surface area (Å²) in [7, 11) is 0. The van der Waals surface area contributed by atoms with E-state index in [0.717, 1.165) is 22.2 Å². The number of benzene rings is 4. The second kappa shape index (κ2) is 9.65. The summed E-state index contributed by atoms with van der Waals surface area (Å²) >= 11 is 6.39. The van der Waals surface area contributed by atoms with Gasteiger partial charge in [0.25, 0.3) is 5.91 Å². The summed E-state index contributed by atoms with van der Waals surface area (Å²) in [6, 6.07) is 33.5. The van der Waals surface area contributed by atoms with E-state index in [1.165, 1.54) is 0 Å². The van der Waals surface area contributed by atoms with Crippen LogP contribution in [-0.2, 0) is 0 Å². The van der Waals surface area contributed by atoms with Crippen LogP contribution < -0.4 is 5.32 Å². The highest BCUT2D eigenvalue weighted by Gasteiger charge is 2.15. The molecule has 0 spiro atoms. The number of pyridine rings is 1. The van der Waals surface area contributed by atoms with Crippen molar-refractivity contribution >= 4 is 45.5 Å². The van der Waals surface area contributed by atoms with E-state index in [4.69, 9.17) is 16.6 Å². The number of aromatic nitrogens is 1. The van der Waals surface area contributed by atoms with Gasteiger partial charge >= 0.3 is 0 Å². The SMILES string of the molecule is O=C(Nc1ccc(N=Nc2ccccc2)cc1)c1cc(-c2ccccc2Cl)nc2ccccc12. The molecular formula is C28H19ClN4O. The summed E-state index contributed by atoms with van der Waals surface area (Å²) in [5.41, 5.74) is 4.79. The largest absolute Gasteiger partial charge is 0.322 e. The number of halogens is 1. The number of azo groups is 1. The number of carbonyl (C=O) groups excluding carboxylic acids is 1. The Hall–Kier alpha value is -4.35. The first-order chi connectivity index (χ1) is 16.7. The van der Waals surface area contributed by atoms with Gasteiger partial charge in [-0.2, -0.15) is 10.2 Å². The molecule has 0 saturated heterocycles. The van der Waals surface area contributed by atoms with Crippen LogP contribution in [0.5, 0.6) is 0 Å². The summed E-state index contributed by atoms with van der Waals surface area (Å²) in [5.74, 6) is -0.231. The molecule has 1 heterocycles. The molecule has 0 atom stereocenters. The standard InChI is InChI=1S/C28H19ClN4O/c29-25-12-6-4-11-23(25)27-18-24(22-10-5-7-13-26(22)31-27)28(34)30-19-14-16-21(17-15-19)33-32-20-8-2-1-3-9-20/h1-18H,(H,30,34). The second-order valence-electron chi connectivity index (χ2n) is 7.59. The van der Waals surface area contributed by atoms with Crippen LogP contribution >= 0.6 is 11.6 Å². The Morgan fingerprint density at radius 1 is 0.735 bits per heavy atom. The maximum atomic E-state index is 13.3. The van der Waals surface area contributed by atoms with Crippen molar-refractivity contribution in [1.82, 2.24) is 4.98 Å². The van der Waals surface area contributed by atoms with E-state index in [0.29, 0.717) is 27.7 Å². The van der Waals surface area contributed by atoms with Crippen molar-refractivity contribution in [3.8, 4) is 11.3 Å². The highest BCUT2D eigenvalue weighted by molar-refractivity contribution is 6.33. The minimum Gasteiger partial charge on any atom is -0.322 e. The van der Waals surface area contributed by atoms with Gasteiger partial charge in [0.05, 0.1) is 28.1 Å².